The molecule has 0 spiro atoms. The van der Waals surface area contributed by atoms with E-state index in [2.05, 4.69) is 36.2 Å². The van der Waals surface area contributed by atoms with Gasteiger partial charge in [-0.25, -0.2) is 0 Å². The fourth-order valence-corrected chi connectivity index (χ4v) is 4.05. The van der Waals surface area contributed by atoms with E-state index in [-0.39, 0.29) is 5.91 Å². The molecule has 0 unspecified atom stereocenters. The van der Waals surface area contributed by atoms with E-state index >= 15 is 0 Å². The normalized spacial score (nSPS) is 14.8. The van der Waals surface area contributed by atoms with Crippen molar-refractivity contribution in [1.82, 2.24) is 9.80 Å². The molecule has 1 amide bonds. The predicted octanol–water partition coefficient (Wildman–Crippen LogP) is 3.20. The Kier molecular flexibility index (Phi) is 15.6. The van der Waals surface area contributed by atoms with Gasteiger partial charge in [0.05, 0.1) is 59.3 Å². The van der Waals surface area contributed by atoms with Crippen LogP contribution in [0.5, 0.6) is 5.75 Å². The molecule has 0 N–H and O–H groups in total. The van der Waals surface area contributed by atoms with Crippen LogP contribution in [0.3, 0.4) is 0 Å². The monoisotopic (exact) mass is 494 g/mol. The topological polar surface area (TPSA) is 69.7 Å². The number of nitrogens with zero attached hydrogens (tertiary/aromatic N) is 2. The summed E-state index contributed by atoms with van der Waals surface area (Å²) < 4.78 is 27.8. The number of benzene rings is 1. The average molecular weight is 495 g/mol. The zero-order valence-corrected chi connectivity index (χ0v) is 22.0. The highest BCUT2D eigenvalue weighted by Crippen LogP contribution is 2.28. The van der Waals surface area contributed by atoms with E-state index < -0.39 is 0 Å². The summed E-state index contributed by atoms with van der Waals surface area (Å²) in [6.07, 6.45) is 2.88. The van der Waals surface area contributed by atoms with E-state index in [0.29, 0.717) is 71.8 Å². The molecule has 1 saturated heterocycles. The van der Waals surface area contributed by atoms with Gasteiger partial charge in [-0.15, -0.1) is 0 Å². The number of ether oxygens (including phenoxy) is 5. The van der Waals surface area contributed by atoms with Gasteiger partial charge in [0.1, 0.15) is 12.4 Å². The Morgan fingerprint density at radius 1 is 0.800 bits per heavy atom. The third kappa shape index (κ3) is 12.7. The van der Waals surface area contributed by atoms with Crippen LogP contribution in [0, 0.1) is 0 Å². The summed E-state index contributed by atoms with van der Waals surface area (Å²) in [4.78, 5) is 16.0. The zero-order chi connectivity index (χ0) is 25.1. The van der Waals surface area contributed by atoms with Crippen molar-refractivity contribution in [2.75, 3.05) is 92.7 Å². The first-order valence-corrected chi connectivity index (χ1v) is 13.1. The predicted molar refractivity (Wildman–Crippen MR) is 137 cm³/mol. The van der Waals surface area contributed by atoms with E-state index in [9.17, 15) is 4.79 Å². The number of piperidine rings is 1. The van der Waals surface area contributed by atoms with Crippen molar-refractivity contribution in [1.29, 1.82) is 0 Å². The van der Waals surface area contributed by atoms with Crippen LogP contribution in [-0.4, -0.2) is 108 Å². The maximum Gasteiger partial charge on any atom is 0.224 e. The lowest BCUT2D eigenvalue weighted by Crippen LogP contribution is -2.31. The molecule has 1 aliphatic rings. The van der Waals surface area contributed by atoms with Crippen LogP contribution in [0.1, 0.15) is 44.6 Å². The summed E-state index contributed by atoms with van der Waals surface area (Å²) in [6, 6.07) is 8.52. The fourth-order valence-electron chi connectivity index (χ4n) is 4.05. The second-order valence-corrected chi connectivity index (χ2v) is 8.76. The molecular weight excluding hydrogens is 448 g/mol. The van der Waals surface area contributed by atoms with Gasteiger partial charge < -0.3 is 33.5 Å². The zero-order valence-electron chi connectivity index (χ0n) is 22.0. The minimum absolute atomic E-state index is 0.134. The number of hydrogen-bond donors (Lipinski definition) is 0. The summed E-state index contributed by atoms with van der Waals surface area (Å²) in [5.74, 6) is 1.69. The molecule has 2 rings (SSSR count). The van der Waals surface area contributed by atoms with Crippen LogP contribution in [0.25, 0.3) is 0 Å². The number of rotatable bonds is 19. The molecule has 8 nitrogen and oxygen atoms in total. The first kappa shape index (κ1) is 29.5. The Morgan fingerprint density at radius 3 is 1.80 bits per heavy atom. The van der Waals surface area contributed by atoms with Crippen molar-refractivity contribution in [2.24, 2.45) is 0 Å². The minimum atomic E-state index is 0.134. The number of carbonyl (C=O) groups is 1. The molecule has 1 heterocycles. The van der Waals surface area contributed by atoms with Gasteiger partial charge in [-0.3, -0.25) is 4.79 Å². The van der Waals surface area contributed by atoms with Crippen LogP contribution in [0.2, 0.25) is 0 Å². The van der Waals surface area contributed by atoms with Crippen LogP contribution in [0.4, 0.5) is 0 Å². The van der Waals surface area contributed by atoms with Crippen LogP contribution < -0.4 is 4.74 Å². The summed E-state index contributed by atoms with van der Waals surface area (Å²) >= 11 is 0. The summed E-state index contributed by atoms with van der Waals surface area (Å²) in [5, 5.41) is 0. The highest BCUT2D eigenvalue weighted by molar-refractivity contribution is 5.76. The van der Waals surface area contributed by atoms with Crippen LogP contribution >= 0.6 is 0 Å². The highest BCUT2D eigenvalue weighted by atomic mass is 16.6. The molecule has 0 saturated carbocycles. The van der Waals surface area contributed by atoms with Crippen molar-refractivity contribution in [2.45, 2.75) is 39.0 Å². The van der Waals surface area contributed by atoms with Gasteiger partial charge in [-0.2, -0.15) is 0 Å². The van der Waals surface area contributed by atoms with E-state index in [4.69, 9.17) is 23.7 Å². The SMILES string of the molecule is CCN(CC)C(=O)CCOCCOCCOCCOCCOc1ccc(C2CCN(C)CC2)cc1. The third-order valence-electron chi connectivity index (χ3n) is 6.26. The molecule has 1 fully saturated rings. The minimum Gasteiger partial charge on any atom is -0.491 e. The van der Waals surface area contributed by atoms with Gasteiger partial charge in [0.25, 0.3) is 0 Å². The highest BCUT2D eigenvalue weighted by Gasteiger charge is 2.18. The van der Waals surface area contributed by atoms with Crippen LogP contribution in [0.15, 0.2) is 24.3 Å². The molecule has 0 radical (unpaired) electrons. The summed E-state index contributed by atoms with van der Waals surface area (Å²) in [5.41, 5.74) is 1.41. The Bertz CT molecular complexity index is 660. The molecule has 8 heteroatoms. The smallest absolute Gasteiger partial charge is 0.224 e. The Morgan fingerprint density at radius 2 is 1.29 bits per heavy atom. The quantitative estimate of drug-likeness (QED) is 0.274. The van der Waals surface area contributed by atoms with Crippen molar-refractivity contribution in [3.05, 3.63) is 29.8 Å². The molecule has 0 aromatic heterocycles. The number of hydrogen-bond acceptors (Lipinski definition) is 7. The van der Waals surface area contributed by atoms with Gasteiger partial charge in [0.15, 0.2) is 0 Å². The first-order chi connectivity index (χ1) is 17.1. The average Bonchev–Trinajstić information content (AvgIpc) is 2.88. The molecule has 0 atom stereocenters. The largest absolute Gasteiger partial charge is 0.491 e. The summed E-state index contributed by atoms with van der Waals surface area (Å²) in [6.45, 7) is 12.3. The molecular formula is C27H46N2O6. The van der Waals surface area contributed by atoms with E-state index in [1.165, 1.54) is 31.5 Å². The number of likely N-dealkylation sites (tertiary alicyclic amines) is 1. The van der Waals surface area contributed by atoms with E-state index in [1.54, 1.807) is 0 Å². The van der Waals surface area contributed by atoms with Gasteiger partial charge in [-0.1, -0.05) is 12.1 Å². The fraction of sp³-hybridized carbons (Fsp3) is 0.741. The van der Waals surface area contributed by atoms with Crippen LogP contribution in [-0.2, 0) is 23.7 Å². The maximum atomic E-state index is 11.8. The lowest BCUT2D eigenvalue weighted by molar-refractivity contribution is -0.132. The second-order valence-electron chi connectivity index (χ2n) is 8.76. The number of carbonyl (C=O) groups excluding carboxylic acids is 1. The Balaban J connectivity index is 1.34. The van der Waals surface area contributed by atoms with E-state index in [1.807, 2.05) is 18.7 Å². The van der Waals surface area contributed by atoms with Gasteiger partial charge in [0, 0.05) is 13.1 Å². The Hall–Kier alpha value is -1.71. The molecule has 1 aromatic rings. The third-order valence-corrected chi connectivity index (χ3v) is 6.26. The van der Waals surface area contributed by atoms with Gasteiger partial charge in [0.2, 0.25) is 5.91 Å². The van der Waals surface area contributed by atoms with Crippen molar-refractivity contribution in [3.63, 3.8) is 0 Å². The van der Waals surface area contributed by atoms with Gasteiger partial charge in [-0.05, 0) is 70.4 Å². The lowest BCUT2D eigenvalue weighted by Gasteiger charge is -2.29. The van der Waals surface area contributed by atoms with Crippen molar-refractivity contribution in [3.8, 4) is 5.75 Å². The first-order valence-electron chi connectivity index (χ1n) is 13.1. The molecule has 1 aromatic carbocycles. The molecule has 200 valence electrons. The maximum absolute atomic E-state index is 11.8. The Labute approximate surface area is 211 Å². The second kappa shape index (κ2) is 18.5. The standard InChI is InChI=1S/C27H46N2O6/c1-4-29(5-2)27(30)12-15-31-16-17-32-18-19-33-20-21-34-22-23-35-26-8-6-24(7-9-26)25-10-13-28(3)14-11-25/h6-9,25H,4-5,10-23H2,1-3H3. The molecule has 0 bridgehead atoms. The lowest BCUT2D eigenvalue weighted by atomic mass is 9.90. The number of amides is 1. The summed E-state index contributed by atoms with van der Waals surface area (Å²) in [7, 11) is 2.19. The molecule has 35 heavy (non-hydrogen) atoms. The van der Waals surface area contributed by atoms with Gasteiger partial charge >= 0.3 is 0 Å². The molecule has 1 aliphatic heterocycles. The van der Waals surface area contributed by atoms with Crippen molar-refractivity contribution < 1.29 is 28.5 Å². The van der Waals surface area contributed by atoms with E-state index in [0.717, 1.165) is 18.8 Å². The molecule has 0 aliphatic carbocycles. The van der Waals surface area contributed by atoms with Crippen molar-refractivity contribution >= 4 is 5.91 Å².